The number of hydrogen-bond acceptors (Lipinski definition) is 3. The van der Waals surface area contributed by atoms with E-state index in [0.717, 1.165) is 0 Å². The van der Waals surface area contributed by atoms with Crippen LogP contribution in [-0.4, -0.2) is 43.4 Å². The summed E-state index contributed by atoms with van der Waals surface area (Å²) in [5, 5.41) is 2.66. The number of nitrogens with two attached hydrogens (primary N) is 1. The molecule has 0 aliphatic heterocycles. The summed E-state index contributed by atoms with van der Waals surface area (Å²) >= 11 is 0. The van der Waals surface area contributed by atoms with Gasteiger partial charge in [0, 0.05) is 20.1 Å². The second-order valence-electron chi connectivity index (χ2n) is 5.82. The van der Waals surface area contributed by atoms with Crippen LogP contribution in [-0.2, 0) is 9.59 Å². The maximum absolute atomic E-state index is 11.9. The Balaban J connectivity index is 4.25. The largest absolute Gasteiger partial charge is 0.347 e. The van der Waals surface area contributed by atoms with Crippen molar-refractivity contribution in [1.29, 1.82) is 0 Å². The summed E-state index contributed by atoms with van der Waals surface area (Å²) in [6, 6.07) is 0. The van der Waals surface area contributed by atoms with E-state index in [1.807, 2.05) is 6.92 Å². The summed E-state index contributed by atoms with van der Waals surface area (Å²) in [5.41, 5.74) is 5.66. The number of carbonyl (C=O) groups is 2. The molecule has 1 atom stereocenters. The third kappa shape index (κ3) is 6.59. The zero-order valence-electron chi connectivity index (χ0n) is 12.2. The highest BCUT2D eigenvalue weighted by Gasteiger charge is 2.24. The molecule has 0 rings (SSSR count). The number of nitrogens with one attached hydrogen (secondary N) is 1. The monoisotopic (exact) mass is 257 g/mol. The fourth-order valence-electron chi connectivity index (χ4n) is 1.64. The minimum absolute atomic E-state index is 0.0455. The molecule has 18 heavy (non-hydrogen) atoms. The molecule has 0 bridgehead atoms. The van der Waals surface area contributed by atoms with Gasteiger partial charge in [0.15, 0.2) is 0 Å². The van der Waals surface area contributed by atoms with E-state index in [2.05, 4.69) is 26.1 Å². The molecule has 0 aliphatic carbocycles. The van der Waals surface area contributed by atoms with Crippen LogP contribution in [0.2, 0.25) is 0 Å². The minimum atomic E-state index is -0.232. The van der Waals surface area contributed by atoms with Crippen molar-refractivity contribution in [2.24, 2.45) is 17.1 Å². The van der Waals surface area contributed by atoms with Gasteiger partial charge in [0.25, 0.3) is 0 Å². The lowest BCUT2D eigenvalue weighted by Crippen LogP contribution is -2.42. The van der Waals surface area contributed by atoms with E-state index < -0.39 is 0 Å². The van der Waals surface area contributed by atoms with Gasteiger partial charge in [-0.15, -0.1) is 0 Å². The second-order valence-corrected chi connectivity index (χ2v) is 5.82. The van der Waals surface area contributed by atoms with Gasteiger partial charge in [0.1, 0.15) is 0 Å². The summed E-state index contributed by atoms with van der Waals surface area (Å²) in [7, 11) is 1.71. The molecule has 0 heterocycles. The molecular weight excluding hydrogens is 230 g/mol. The lowest BCUT2D eigenvalue weighted by molar-refractivity contribution is -0.133. The molecular formula is C13H27N3O2. The van der Waals surface area contributed by atoms with Crippen LogP contribution < -0.4 is 11.1 Å². The molecule has 0 fully saturated rings. The summed E-state index contributed by atoms with van der Waals surface area (Å²) in [5.74, 6) is -0.451. The van der Waals surface area contributed by atoms with Gasteiger partial charge in [-0.2, -0.15) is 0 Å². The number of rotatable bonds is 6. The first kappa shape index (κ1) is 16.9. The topological polar surface area (TPSA) is 75.4 Å². The zero-order valence-corrected chi connectivity index (χ0v) is 12.2. The first-order chi connectivity index (χ1) is 8.21. The van der Waals surface area contributed by atoms with E-state index in [-0.39, 0.29) is 29.7 Å². The Morgan fingerprint density at radius 1 is 1.33 bits per heavy atom. The Kier molecular flexibility index (Phi) is 6.91. The SMILES string of the molecule is CCN(C)C(=O)CNC(=O)C(CN)CC(C)(C)C. The molecule has 0 spiro atoms. The summed E-state index contributed by atoms with van der Waals surface area (Å²) < 4.78 is 0. The number of likely N-dealkylation sites (N-methyl/N-ethyl adjacent to an activating group) is 1. The van der Waals surface area contributed by atoms with E-state index in [9.17, 15) is 9.59 Å². The van der Waals surface area contributed by atoms with Gasteiger partial charge in [-0.1, -0.05) is 20.8 Å². The Labute approximate surface area is 110 Å². The van der Waals surface area contributed by atoms with Crippen LogP contribution in [0, 0.1) is 11.3 Å². The van der Waals surface area contributed by atoms with E-state index in [1.54, 1.807) is 11.9 Å². The summed E-state index contributed by atoms with van der Waals surface area (Å²) in [4.78, 5) is 25.0. The lowest BCUT2D eigenvalue weighted by Gasteiger charge is -2.24. The highest BCUT2D eigenvalue weighted by Crippen LogP contribution is 2.23. The van der Waals surface area contributed by atoms with Crippen LogP contribution in [0.3, 0.4) is 0 Å². The average molecular weight is 257 g/mol. The van der Waals surface area contributed by atoms with Crippen molar-refractivity contribution in [3.63, 3.8) is 0 Å². The maximum atomic E-state index is 11.9. The highest BCUT2D eigenvalue weighted by atomic mass is 16.2. The van der Waals surface area contributed by atoms with Crippen LogP contribution >= 0.6 is 0 Å². The summed E-state index contributed by atoms with van der Waals surface area (Å²) in [6.45, 7) is 9.08. The molecule has 5 nitrogen and oxygen atoms in total. The van der Waals surface area contributed by atoms with Crippen LogP contribution in [0.25, 0.3) is 0 Å². The van der Waals surface area contributed by atoms with Gasteiger partial charge >= 0.3 is 0 Å². The Morgan fingerprint density at radius 2 is 1.89 bits per heavy atom. The molecule has 0 saturated heterocycles. The standard InChI is InChI=1S/C13H27N3O2/c1-6-16(5)11(17)9-15-12(18)10(8-14)7-13(2,3)4/h10H,6-9,14H2,1-5H3,(H,15,18). The molecule has 3 N–H and O–H groups in total. The molecule has 2 amide bonds. The van der Waals surface area contributed by atoms with E-state index in [4.69, 9.17) is 5.73 Å². The first-order valence-electron chi connectivity index (χ1n) is 6.43. The smallest absolute Gasteiger partial charge is 0.241 e. The van der Waals surface area contributed by atoms with Crippen molar-refractivity contribution in [2.45, 2.75) is 34.1 Å². The normalized spacial score (nSPS) is 13.0. The van der Waals surface area contributed by atoms with Crippen molar-refractivity contribution in [2.75, 3.05) is 26.7 Å². The van der Waals surface area contributed by atoms with Crippen molar-refractivity contribution < 1.29 is 9.59 Å². The van der Waals surface area contributed by atoms with Crippen molar-refractivity contribution >= 4 is 11.8 Å². The van der Waals surface area contributed by atoms with E-state index in [0.29, 0.717) is 19.5 Å². The molecule has 0 aromatic carbocycles. The lowest BCUT2D eigenvalue weighted by atomic mass is 9.84. The van der Waals surface area contributed by atoms with Gasteiger partial charge in [0.2, 0.25) is 11.8 Å². The highest BCUT2D eigenvalue weighted by molar-refractivity contribution is 5.85. The number of hydrogen-bond donors (Lipinski definition) is 2. The third-order valence-corrected chi connectivity index (χ3v) is 2.83. The van der Waals surface area contributed by atoms with Crippen molar-refractivity contribution in [3.8, 4) is 0 Å². The zero-order chi connectivity index (χ0) is 14.3. The predicted molar refractivity (Wildman–Crippen MR) is 72.9 cm³/mol. The van der Waals surface area contributed by atoms with Gasteiger partial charge < -0.3 is 16.0 Å². The van der Waals surface area contributed by atoms with Crippen molar-refractivity contribution in [1.82, 2.24) is 10.2 Å². The quantitative estimate of drug-likeness (QED) is 0.731. The van der Waals surface area contributed by atoms with E-state index in [1.165, 1.54) is 0 Å². The molecule has 106 valence electrons. The summed E-state index contributed by atoms with van der Waals surface area (Å²) in [6.07, 6.45) is 0.715. The van der Waals surface area contributed by atoms with Crippen LogP contribution in [0.4, 0.5) is 0 Å². The molecule has 0 aromatic heterocycles. The number of amides is 2. The van der Waals surface area contributed by atoms with Crippen LogP contribution in [0.5, 0.6) is 0 Å². The van der Waals surface area contributed by atoms with Gasteiger partial charge in [-0.3, -0.25) is 9.59 Å². The van der Waals surface area contributed by atoms with Gasteiger partial charge in [0.05, 0.1) is 12.5 Å². The number of carbonyl (C=O) groups excluding carboxylic acids is 2. The molecule has 5 heteroatoms. The Bertz CT molecular complexity index is 284. The molecule has 0 saturated carbocycles. The Morgan fingerprint density at radius 3 is 2.28 bits per heavy atom. The fraction of sp³-hybridized carbons (Fsp3) is 0.846. The minimum Gasteiger partial charge on any atom is -0.347 e. The maximum Gasteiger partial charge on any atom is 0.241 e. The Hall–Kier alpha value is -1.10. The predicted octanol–water partition coefficient (Wildman–Crippen LogP) is 0.592. The fourth-order valence-corrected chi connectivity index (χ4v) is 1.64. The molecule has 0 aromatic rings. The first-order valence-corrected chi connectivity index (χ1v) is 6.43. The van der Waals surface area contributed by atoms with Crippen LogP contribution in [0.15, 0.2) is 0 Å². The van der Waals surface area contributed by atoms with E-state index >= 15 is 0 Å². The molecule has 0 radical (unpaired) electrons. The second kappa shape index (κ2) is 7.36. The van der Waals surface area contributed by atoms with Crippen molar-refractivity contribution in [3.05, 3.63) is 0 Å². The number of nitrogens with zero attached hydrogens (tertiary/aromatic N) is 1. The van der Waals surface area contributed by atoms with Gasteiger partial charge in [-0.05, 0) is 18.8 Å². The molecule has 1 unspecified atom stereocenters. The van der Waals surface area contributed by atoms with Gasteiger partial charge in [-0.25, -0.2) is 0 Å². The van der Waals surface area contributed by atoms with Crippen LogP contribution in [0.1, 0.15) is 34.1 Å². The third-order valence-electron chi connectivity index (χ3n) is 2.83. The molecule has 0 aliphatic rings. The average Bonchev–Trinajstić information content (AvgIpc) is 2.30.